The molecule has 0 aliphatic heterocycles. The Bertz CT molecular complexity index is 1030. The van der Waals surface area contributed by atoms with Gasteiger partial charge in [0.25, 0.3) is 5.91 Å². The Morgan fingerprint density at radius 1 is 1.06 bits per heavy atom. The van der Waals surface area contributed by atoms with Crippen LogP contribution in [0.5, 0.6) is 0 Å². The fourth-order valence-electron chi connectivity index (χ4n) is 2.56. The molecule has 0 radical (unpaired) electrons. The van der Waals surface area contributed by atoms with Crippen LogP contribution < -0.4 is 5.32 Å². The van der Waals surface area contributed by atoms with Crippen molar-refractivity contribution in [3.63, 3.8) is 0 Å². The van der Waals surface area contributed by atoms with Crippen molar-refractivity contribution in [1.29, 1.82) is 0 Å². The molecule has 1 atom stereocenters. The van der Waals surface area contributed by atoms with Crippen molar-refractivity contribution in [3.8, 4) is 11.5 Å². The molecular formula is C21H18F3N3O4. The van der Waals surface area contributed by atoms with E-state index in [0.717, 1.165) is 29.8 Å². The van der Waals surface area contributed by atoms with Gasteiger partial charge in [0.2, 0.25) is 11.8 Å². The fourth-order valence-corrected chi connectivity index (χ4v) is 2.56. The SMILES string of the molecule is CC(OC(=O)CCc1nnc(-c2ccccc2)o1)C(=O)Nc1ccc(C(F)(F)F)cc1. The molecule has 2 aromatic carbocycles. The van der Waals surface area contributed by atoms with Gasteiger partial charge in [-0.2, -0.15) is 13.2 Å². The Balaban J connectivity index is 1.47. The van der Waals surface area contributed by atoms with Crippen molar-refractivity contribution in [2.75, 3.05) is 5.32 Å². The topological polar surface area (TPSA) is 94.3 Å². The van der Waals surface area contributed by atoms with Crippen molar-refractivity contribution in [2.45, 2.75) is 32.0 Å². The lowest BCUT2D eigenvalue weighted by atomic mass is 10.2. The molecule has 162 valence electrons. The maximum atomic E-state index is 12.6. The van der Waals surface area contributed by atoms with E-state index >= 15 is 0 Å². The van der Waals surface area contributed by atoms with Crippen molar-refractivity contribution in [1.82, 2.24) is 10.2 Å². The predicted molar refractivity (Wildman–Crippen MR) is 104 cm³/mol. The molecule has 0 aliphatic carbocycles. The molecule has 0 bridgehead atoms. The summed E-state index contributed by atoms with van der Waals surface area (Å²) in [4.78, 5) is 24.1. The van der Waals surface area contributed by atoms with E-state index < -0.39 is 29.7 Å². The minimum Gasteiger partial charge on any atom is -0.453 e. The number of carbonyl (C=O) groups excluding carboxylic acids is 2. The van der Waals surface area contributed by atoms with Crippen LogP contribution in [0.1, 0.15) is 24.8 Å². The third kappa shape index (κ3) is 6.14. The van der Waals surface area contributed by atoms with Crippen LogP contribution in [0.4, 0.5) is 18.9 Å². The molecule has 0 spiro atoms. The lowest BCUT2D eigenvalue weighted by Gasteiger charge is -2.14. The highest BCUT2D eigenvalue weighted by molar-refractivity contribution is 5.95. The molecule has 3 aromatic rings. The summed E-state index contributed by atoms with van der Waals surface area (Å²) < 4.78 is 48.3. The molecule has 0 saturated carbocycles. The van der Waals surface area contributed by atoms with Crippen LogP contribution >= 0.6 is 0 Å². The highest BCUT2D eigenvalue weighted by Gasteiger charge is 2.30. The number of halogens is 3. The van der Waals surface area contributed by atoms with Gasteiger partial charge in [0.15, 0.2) is 6.10 Å². The summed E-state index contributed by atoms with van der Waals surface area (Å²) in [5, 5.41) is 10.2. The number of nitrogens with zero attached hydrogens (tertiary/aromatic N) is 2. The van der Waals surface area contributed by atoms with Gasteiger partial charge in [-0.3, -0.25) is 9.59 Å². The molecule has 0 saturated heterocycles. The molecule has 3 rings (SSSR count). The average molecular weight is 433 g/mol. The summed E-state index contributed by atoms with van der Waals surface area (Å²) in [6.45, 7) is 1.36. The van der Waals surface area contributed by atoms with E-state index in [1.165, 1.54) is 6.92 Å². The lowest BCUT2D eigenvalue weighted by molar-refractivity contribution is -0.153. The van der Waals surface area contributed by atoms with Gasteiger partial charge in [-0.25, -0.2) is 0 Å². The number of hydrogen-bond donors (Lipinski definition) is 1. The van der Waals surface area contributed by atoms with Crippen molar-refractivity contribution in [3.05, 3.63) is 66.1 Å². The first-order valence-electron chi connectivity index (χ1n) is 9.28. The van der Waals surface area contributed by atoms with E-state index in [2.05, 4.69) is 15.5 Å². The molecule has 1 amide bonds. The van der Waals surface area contributed by atoms with E-state index in [-0.39, 0.29) is 24.4 Å². The largest absolute Gasteiger partial charge is 0.453 e. The highest BCUT2D eigenvalue weighted by Crippen LogP contribution is 2.29. The number of esters is 1. The number of nitrogens with one attached hydrogen (secondary N) is 1. The Labute approximate surface area is 175 Å². The summed E-state index contributed by atoms with van der Waals surface area (Å²) in [6.07, 6.45) is -5.57. The van der Waals surface area contributed by atoms with E-state index in [9.17, 15) is 22.8 Å². The molecule has 1 aromatic heterocycles. The zero-order chi connectivity index (χ0) is 22.4. The number of carbonyl (C=O) groups is 2. The Hall–Kier alpha value is -3.69. The highest BCUT2D eigenvalue weighted by atomic mass is 19.4. The number of hydrogen-bond acceptors (Lipinski definition) is 6. The zero-order valence-electron chi connectivity index (χ0n) is 16.3. The van der Waals surface area contributed by atoms with Gasteiger partial charge in [-0.05, 0) is 43.3 Å². The van der Waals surface area contributed by atoms with Crippen LogP contribution in [0.3, 0.4) is 0 Å². The summed E-state index contributed by atoms with van der Waals surface area (Å²) >= 11 is 0. The maximum Gasteiger partial charge on any atom is 0.416 e. The van der Waals surface area contributed by atoms with E-state index in [1.807, 2.05) is 30.3 Å². The molecule has 7 nitrogen and oxygen atoms in total. The van der Waals surface area contributed by atoms with Gasteiger partial charge in [0.05, 0.1) is 12.0 Å². The number of anilines is 1. The van der Waals surface area contributed by atoms with Crippen LogP contribution in [0.25, 0.3) is 11.5 Å². The summed E-state index contributed by atoms with van der Waals surface area (Å²) in [7, 11) is 0. The van der Waals surface area contributed by atoms with Crippen LogP contribution in [0.15, 0.2) is 59.0 Å². The first-order chi connectivity index (χ1) is 14.7. The Kier molecular flexibility index (Phi) is 6.68. The average Bonchev–Trinajstić information content (AvgIpc) is 3.22. The first-order valence-corrected chi connectivity index (χ1v) is 9.28. The number of ether oxygens (including phenoxy) is 1. The molecule has 0 aliphatic rings. The van der Waals surface area contributed by atoms with Gasteiger partial charge >= 0.3 is 12.1 Å². The number of aryl methyl sites for hydroxylation is 1. The van der Waals surface area contributed by atoms with Crippen molar-refractivity contribution < 1.29 is 31.9 Å². The number of alkyl halides is 3. The van der Waals surface area contributed by atoms with Crippen LogP contribution in [-0.2, 0) is 26.9 Å². The third-order valence-electron chi connectivity index (χ3n) is 4.19. The second-order valence-electron chi connectivity index (χ2n) is 6.56. The summed E-state index contributed by atoms with van der Waals surface area (Å²) in [6, 6.07) is 13.1. The third-order valence-corrected chi connectivity index (χ3v) is 4.19. The van der Waals surface area contributed by atoms with Crippen LogP contribution in [0, 0.1) is 0 Å². The number of rotatable bonds is 7. The second-order valence-corrected chi connectivity index (χ2v) is 6.56. The quantitative estimate of drug-likeness (QED) is 0.560. The molecular weight excluding hydrogens is 415 g/mol. The molecule has 31 heavy (non-hydrogen) atoms. The lowest BCUT2D eigenvalue weighted by Crippen LogP contribution is -2.30. The minimum atomic E-state index is -4.47. The minimum absolute atomic E-state index is 0.0890. The number of aromatic nitrogens is 2. The fraction of sp³-hybridized carbons (Fsp3) is 0.238. The van der Waals surface area contributed by atoms with Gasteiger partial charge in [-0.1, -0.05) is 18.2 Å². The summed E-state index contributed by atoms with van der Waals surface area (Å²) in [5.74, 6) is -0.752. The Morgan fingerprint density at radius 2 is 1.74 bits per heavy atom. The number of benzene rings is 2. The monoisotopic (exact) mass is 433 g/mol. The van der Waals surface area contributed by atoms with Gasteiger partial charge in [0, 0.05) is 17.7 Å². The van der Waals surface area contributed by atoms with Gasteiger partial charge < -0.3 is 14.5 Å². The van der Waals surface area contributed by atoms with E-state index in [1.54, 1.807) is 0 Å². The Morgan fingerprint density at radius 3 is 2.39 bits per heavy atom. The predicted octanol–water partition coefficient (Wildman–Crippen LogP) is 4.26. The molecule has 10 heteroatoms. The maximum absolute atomic E-state index is 12.6. The first kappa shape index (κ1) is 22.0. The normalized spacial score (nSPS) is 12.3. The molecule has 1 unspecified atom stereocenters. The second kappa shape index (κ2) is 9.41. The van der Waals surface area contributed by atoms with Gasteiger partial charge in [-0.15, -0.1) is 10.2 Å². The molecule has 1 N–H and O–H groups in total. The van der Waals surface area contributed by atoms with Crippen molar-refractivity contribution >= 4 is 17.6 Å². The van der Waals surface area contributed by atoms with Crippen LogP contribution in [-0.4, -0.2) is 28.2 Å². The zero-order valence-corrected chi connectivity index (χ0v) is 16.3. The van der Waals surface area contributed by atoms with E-state index in [4.69, 9.17) is 9.15 Å². The molecule has 1 heterocycles. The van der Waals surface area contributed by atoms with E-state index in [0.29, 0.717) is 5.89 Å². The number of amides is 1. The summed E-state index contributed by atoms with van der Waals surface area (Å²) in [5.41, 5.74) is 0.0685. The smallest absolute Gasteiger partial charge is 0.416 e. The van der Waals surface area contributed by atoms with Crippen LogP contribution in [0.2, 0.25) is 0 Å². The molecule has 0 fully saturated rings. The standard InChI is InChI=1S/C21H18F3N3O4/c1-13(19(29)25-16-9-7-15(8-10-16)21(22,23)24)30-18(28)12-11-17-26-27-20(31-17)14-5-3-2-4-6-14/h2-10,13H,11-12H2,1H3,(H,25,29). The van der Waals surface area contributed by atoms with Crippen molar-refractivity contribution in [2.24, 2.45) is 0 Å². The van der Waals surface area contributed by atoms with Gasteiger partial charge in [0.1, 0.15) is 0 Å².